The Bertz CT molecular complexity index is 1110. The van der Waals surface area contributed by atoms with Crippen LogP contribution in [0.5, 0.6) is 5.75 Å². The number of anilines is 1. The zero-order valence-electron chi connectivity index (χ0n) is 15.8. The van der Waals surface area contributed by atoms with Crippen molar-refractivity contribution in [3.63, 3.8) is 0 Å². The largest absolute Gasteiger partial charge is 0.492 e. The third-order valence-corrected chi connectivity index (χ3v) is 6.17. The molecule has 0 unspecified atom stereocenters. The fraction of sp³-hybridized carbons (Fsp3) is 0.250. The Kier molecular flexibility index (Phi) is 7.18. The normalized spacial score (nSPS) is 11.6. The van der Waals surface area contributed by atoms with Gasteiger partial charge in [0.1, 0.15) is 5.75 Å². The van der Waals surface area contributed by atoms with Crippen molar-refractivity contribution in [3.8, 4) is 5.75 Å². The predicted octanol–water partition coefficient (Wildman–Crippen LogP) is 4.72. The molecule has 0 spiro atoms. The third-order valence-electron chi connectivity index (χ3n) is 4.18. The molecule has 0 aliphatic heterocycles. The van der Waals surface area contributed by atoms with Crippen molar-refractivity contribution in [2.75, 3.05) is 25.0 Å². The zero-order valence-corrected chi connectivity index (χ0v) is 18.1. The number of ether oxygens (including phenoxy) is 1. The number of hydrogen-bond acceptors (Lipinski definition) is 5. The Hall–Kier alpha value is -2.06. The summed E-state index contributed by atoms with van der Waals surface area (Å²) in [4.78, 5) is 4.41. The summed E-state index contributed by atoms with van der Waals surface area (Å²) in [6.07, 6.45) is 2.31. The van der Waals surface area contributed by atoms with Crippen molar-refractivity contribution in [2.45, 2.75) is 18.2 Å². The molecule has 0 aliphatic rings. The van der Waals surface area contributed by atoms with E-state index in [1.807, 2.05) is 25.1 Å². The van der Waals surface area contributed by atoms with Gasteiger partial charge in [-0.3, -0.25) is 4.98 Å². The van der Waals surface area contributed by atoms with Crippen LogP contribution in [0.15, 0.2) is 53.6 Å². The molecule has 1 heterocycles. The monoisotopic (exact) mass is 453 g/mol. The van der Waals surface area contributed by atoms with E-state index in [1.54, 1.807) is 18.3 Å². The standard InChI is InChI=1S/C20H21Cl2N3O3S/c1-2-28-20-7-5-15(13-17(20)22)29(26,27)25-10-3-9-23-18-8-11-24-19-12-14(21)4-6-16(18)19/h4-8,11-13,25H,2-3,9-10H2,1H3,(H,23,24). The van der Waals surface area contributed by atoms with Crippen LogP contribution < -0.4 is 14.8 Å². The van der Waals surface area contributed by atoms with Gasteiger partial charge in [-0.15, -0.1) is 0 Å². The highest BCUT2D eigenvalue weighted by atomic mass is 35.5. The van der Waals surface area contributed by atoms with Crippen molar-refractivity contribution in [2.24, 2.45) is 0 Å². The molecular weight excluding hydrogens is 433 g/mol. The second-order valence-corrected chi connectivity index (χ2v) is 8.83. The van der Waals surface area contributed by atoms with E-state index in [4.69, 9.17) is 27.9 Å². The highest BCUT2D eigenvalue weighted by molar-refractivity contribution is 7.89. The summed E-state index contributed by atoms with van der Waals surface area (Å²) in [6, 6.07) is 11.8. The van der Waals surface area contributed by atoms with E-state index in [9.17, 15) is 8.42 Å². The lowest BCUT2D eigenvalue weighted by Crippen LogP contribution is -2.26. The van der Waals surface area contributed by atoms with Gasteiger partial charge in [0.2, 0.25) is 10.0 Å². The van der Waals surface area contributed by atoms with Gasteiger partial charge in [-0.1, -0.05) is 23.2 Å². The summed E-state index contributed by atoms with van der Waals surface area (Å²) in [6.45, 7) is 3.17. The van der Waals surface area contributed by atoms with Gasteiger partial charge >= 0.3 is 0 Å². The number of benzene rings is 2. The zero-order chi connectivity index (χ0) is 20.9. The van der Waals surface area contributed by atoms with Crippen LogP contribution in [0.4, 0.5) is 5.69 Å². The molecule has 0 aliphatic carbocycles. The van der Waals surface area contributed by atoms with Gasteiger partial charge in [0.15, 0.2) is 0 Å². The maximum absolute atomic E-state index is 12.4. The van der Waals surface area contributed by atoms with Gasteiger partial charge in [-0.25, -0.2) is 13.1 Å². The smallest absolute Gasteiger partial charge is 0.240 e. The third kappa shape index (κ3) is 5.51. The van der Waals surface area contributed by atoms with E-state index in [0.717, 1.165) is 16.6 Å². The number of halogens is 2. The van der Waals surface area contributed by atoms with Crippen LogP contribution in [-0.2, 0) is 10.0 Å². The highest BCUT2D eigenvalue weighted by Crippen LogP contribution is 2.27. The number of sulfonamides is 1. The van der Waals surface area contributed by atoms with Crippen molar-refractivity contribution < 1.29 is 13.2 Å². The minimum absolute atomic E-state index is 0.107. The molecular formula is C20H21Cl2N3O3S. The highest BCUT2D eigenvalue weighted by Gasteiger charge is 2.15. The molecule has 2 N–H and O–H groups in total. The van der Waals surface area contributed by atoms with Gasteiger partial charge in [0, 0.05) is 35.4 Å². The van der Waals surface area contributed by atoms with Crippen molar-refractivity contribution in [3.05, 3.63) is 58.7 Å². The Balaban J connectivity index is 1.54. The second kappa shape index (κ2) is 9.63. The number of fused-ring (bicyclic) bond motifs is 1. The first-order valence-electron chi connectivity index (χ1n) is 9.11. The molecule has 9 heteroatoms. The summed E-state index contributed by atoms with van der Waals surface area (Å²) < 4.78 is 32.8. The first kappa shape index (κ1) is 21.6. The summed E-state index contributed by atoms with van der Waals surface area (Å²) in [5, 5.41) is 5.16. The first-order chi connectivity index (χ1) is 13.9. The van der Waals surface area contributed by atoms with Crippen LogP contribution in [0.1, 0.15) is 13.3 Å². The molecule has 0 saturated heterocycles. The fourth-order valence-electron chi connectivity index (χ4n) is 2.80. The van der Waals surface area contributed by atoms with E-state index >= 15 is 0 Å². The molecule has 1 aromatic heterocycles. The van der Waals surface area contributed by atoms with Crippen LogP contribution in [-0.4, -0.2) is 33.1 Å². The first-order valence-corrected chi connectivity index (χ1v) is 11.3. The van der Waals surface area contributed by atoms with Crippen LogP contribution in [0.25, 0.3) is 10.9 Å². The molecule has 0 fully saturated rings. The lowest BCUT2D eigenvalue weighted by Gasteiger charge is -2.11. The van der Waals surface area contributed by atoms with E-state index in [-0.39, 0.29) is 16.5 Å². The van der Waals surface area contributed by atoms with E-state index in [1.165, 1.54) is 12.1 Å². The van der Waals surface area contributed by atoms with Crippen LogP contribution >= 0.6 is 23.2 Å². The average molecular weight is 454 g/mol. The summed E-state index contributed by atoms with van der Waals surface area (Å²) in [5.41, 5.74) is 1.73. The number of aromatic nitrogens is 1. The number of rotatable bonds is 9. The molecule has 0 radical (unpaired) electrons. The Morgan fingerprint density at radius 3 is 2.66 bits per heavy atom. The van der Waals surface area contributed by atoms with Gasteiger partial charge < -0.3 is 10.1 Å². The minimum atomic E-state index is -3.64. The quantitative estimate of drug-likeness (QED) is 0.458. The molecule has 0 amide bonds. The molecule has 6 nitrogen and oxygen atoms in total. The molecule has 0 bridgehead atoms. The maximum atomic E-state index is 12.4. The lowest BCUT2D eigenvalue weighted by molar-refractivity contribution is 0.340. The van der Waals surface area contributed by atoms with Crippen molar-refractivity contribution in [1.82, 2.24) is 9.71 Å². The van der Waals surface area contributed by atoms with E-state index in [0.29, 0.717) is 30.3 Å². The molecule has 29 heavy (non-hydrogen) atoms. The van der Waals surface area contributed by atoms with Gasteiger partial charge in [0.05, 0.1) is 22.0 Å². The van der Waals surface area contributed by atoms with Gasteiger partial charge in [-0.2, -0.15) is 0 Å². The summed E-state index contributed by atoms with van der Waals surface area (Å²) in [5.74, 6) is 0.461. The van der Waals surface area contributed by atoms with Crippen LogP contribution in [0.2, 0.25) is 10.0 Å². The minimum Gasteiger partial charge on any atom is -0.492 e. The maximum Gasteiger partial charge on any atom is 0.240 e. The predicted molar refractivity (Wildman–Crippen MR) is 118 cm³/mol. The molecule has 3 rings (SSSR count). The second-order valence-electron chi connectivity index (χ2n) is 6.22. The van der Waals surface area contributed by atoms with Crippen molar-refractivity contribution in [1.29, 1.82) is 0 Å². The number of hydrogen-bond donors (Lipinski definition) is 2. The molecule has 0 saturated carbocycles. The summed E-state index contributed by atoms with van der Waals surface area (Å²) in [7, 11) is -3.64. The number of nitrogens with zero attached hydrogens (tertiary/aromatic N) is 1. The topological polar surface area (TPSA) is 80.3 Å². The summed E-state index contributed by atoms with van der Waals surface area (Å²) >= 11 is 12.1. The Morgan fingerprint density at radius 1 is 1.07 bits per heavy atom. The molecule has 3 aromatic rings. The average Bonchev–Trinajstić information content (AvgIpc) is 2.69. The SMILES string of the molecule is CCOc1ccc(S(=O)(=O)NCCCNc2ccnc3cc(Cl)ccc23)cc1Cl. The Morgan fingerprint density at radius 2 is 1.90 bits per heavy atom. The number of pyridine rings is 1. The Labute approximate surface area is 180 Å². The van der Waals surface area contributed by atoms with Crippen LogP contribution in [0, 0.1) is 0 Å². The van der Waals surface area contributed by atoms with Crippen LogP contribution in [0.3, 0.4) is 0 Å². The van der Waals surface area contributed by atoms with E-state index < -0.39 is 10.0 Å². The number of nitrogens with one attached hydrogen (secondary N) is 2. The lowest BCUT2D eigenvalue weighted by atomic mass is 10.2. The molecule has 0 atom stereocenters. The molecule has 154 valence electrons. The molecule has 2 aromatic carbocycles. The van der Waals surface area contributed by atoms with Gasteiger partial charge in [0.25, 0.3) is 0 Å². The van der Waals surface area contributed by atoms with Gasteiger partial charge in [-0.05, 0) is 55.8 Å². The van der Waals surface area contributed by atoms with E-state index in [2.05, 4.69) is 15.0 Å². The fourth-order valence-corrected chi connectivity index (χ4v) is 4.36. The van der Waals surface area contributed by atoms with Crippen molar-refractivity contribution >= 4 is 49.8 Å².